The van der Waals surface area contributed by atoms with Crippen LogP contribution in [0.3, 0.4) is 0 Å². The number of aromatic nitrogens is 1. The molecule has 1 heterocycles. The summed E-state index contributed by atoms with van der Waals surface area (Å²) in [6, 6.07) is 1.17. The quantitative estimate of drug-likeness (QED) is 0.530. The van der Waals surface area contributed by atoms with Crippen molar-refractivity contribution in [1.82, 2.24) is 4.98 Å². The van der Waals surface area contributed by atoms with E-state index in [9.17, 15) is 9.59 Å². The molecule has 1 amide bonds. The topological polar surface area (TPSA) is 105 Å². The molecule has 64 valence electrons. The van der Waals surface area contributed by atoms with Gasteiger partial charge in [0.05, 0.1) is 0 Å². The fourth-order valence-corrected chi connectivity index (χ4v) is 0.653. The second-order valence-corrected chi connectivity index (χ2v) is 1.94. The summed E-state index contributed by atoms with van der Waals surface area (Å²) in [7, 11) is 0. The van der Waals surface area contributed by atoms with Gasteiger partial charge in [-0.15, -0.1) is 0 Å². The lowest BCUT2D eigenvalue weighted by atomic mass is 10.4. The Morgan fingerprint density at radius 1 is 1.67 bits per heavy atom. The number of carbonyl (C=O) groups excluding carboxylic acids is 1. The monoisotopic (exact) mass is 170 g/mol. The highest BCUT2D eigenvalue weighted by Crippen LogP contribution is 2.18. The SMILES string of the molecule is NC(=O)Oc1c(O)cc[nH]c1=O. The Labute approximate surface area is 66.6 Å². The third-order valence-corrected chi connectivity index (χ3v) is 1.10. The minimum Gasteiger partial charge on any atom is -0.504 e. The van der Waals surface area contributed by atoms with E-state index in [1.54, 1.807) is 0 Å². The Kier molecular flexibility index (Phi) is 2.00. The first kappa shape index (κ1) is 8.12. The molecule has 0 aliphatic carbocycles. The number of carbonyl (C=O) groups is 1. The Bertz CT molecular complexity index is 357. The van der Waals surface area contributed by atoms with Gasteiger partial charge in [0.25, 0.3) is 5.56 Å². The molecule has 1 aromatic rings. The number of pyridine rings is 1. The largest absolute Gasteiger partial charge is 0.504 e. The molecule has 0 spiro atoms. The molecule has 0 bridgehead atoms. The summed E-state index contributed by atoms with van der Waals surface area (Å²) in [6.07, 6.45) is 0.0629. The lowest BCUT2D eigenvalue weighted by molar-refractivity contribution is 0.208. The van der Waals surface area contributed by atoms with Crippen LogP contribution in [-0.2, 0) is 0 Å². The molecule has 0 saturated carbocycles. The Hall–Kier alpha value is -1.98. The molecule has 0 radical (unpaired) electrons. The number of hydrogen-bond acceptors (Lipinski definition) is 4. The zero-order chi connectivity index (χ0) is 9.14. The van der Waals surface area contributed by atoms with E-state index < -0.39 is 23.2 Å². The van der Waals surface area contributed by atoms with Crippen molar-refractivity contribution in [3.05, 3.63) is 22.6 Å². The van der Waals surface area contributed by atoms with Crippen molar-refractivity contribution in [2.24, 2.45) is 5.73 Å². The maximum atomic E-state index is 10.8. The average molecular weight is 170 g/mol. The molecule has 0 saturated heterocycles. The van der Waals surface area contributed by atoms with Crippen molar-refractivity contribution in [3.8, 4) is 11.5 Å². The normalized spacial score (nSPS) is 9.33. The van der Waals surface area contributed by atoms with Crippen LogP contribution < -0.4 is 16.0 Å². The van der Waals surface area contributed by atoms with Crippen molar-refractivity contribution in [2.45, 2.75) is 0 Å². The van der Waals surface area contributed by atoms with E-state index in [0.717, 1.165) is 0 Å². The number of amides is 1. The average Bonchev–Trinajstić information content (AvgIpc) is 1.97. The standard InChI is InChI=1S/C6H6N2O4/c7-6(11)12-4-3(9)1-2-8-5(4)10/h1-2H,(H2,7,11)(H2,8,9,10). The highest BCUT2D eigenvalue weighted by atomic mass is 16.6. The van der Waals surface area contributed by atoms with Crippen LogP contribution in [0, 0.1) is 0 Å². The number of primary amides is 1. The van der Waals surface area contributed by atoms with Crippen LogP contribution in [-0.4, -0.2) is 16.2 Å². The maximum Gasteiger partial charge on any atom is 0.410 e. The molecule has 4 N–H and O–H groups in total. The first-order chi connectivity index (χ1) is 5.61. The number of aromatic hydroxyl groups is 1. The lowest BCUT2D eigenvalue weighted by Gasteiger charge is -2.00. The number of nitrogens with one attached hydrogen (secondary N) is 1. The van der Waals surface area contributed by atoms with Gasteiger partial charge in [-0.2, -0.15) is 0 Å². The molecule has 0 unspecified atom stereocenters. The first-order valence-corrected chi connectivity index (χ1v) is 2.99. The molecule has 6 nitrogen and oxygen atoms in total. The molecule has 0 aliphatic heterocycles. The van der Waals surface area contributed by atoms with Crippen molar-refractivity contribution < 1.29 is 14.6 Å². The predicted molar refractivity (Wildman–Crippen MR) is 38.9 cm³/mol. The smallest absolute Gasteiger partial charge is 0.410 e. The Morgan fingerprint density at radius 3 is 2.83 bits per heavy atom. The van der Waals surface area contributed by atoms with Crippen LogP contribution >= 0.6 is 0 Å². The molecule has 0 aliphatic rings. The molecule has 12 heavy (non-hydrogen) atoms. The third-order valence-electron chi connectivity index (χ3n) is 1.10. The minimum absolute atomic E-state index is 0.433. The van der Waals surface area contributed by atoms with Gasteiger partial charge in [-0.1, -0.05) is 0 Å². The fourth-order valence-electron chi connectivity index (χ4n) is 0.653. The van der Waals surface area contributed by atoms with E-state index in [1.807, 2.05) is 0 Å². The first-order valence-electron chi connectivity index (χ1n) is 2.99. The summed E-state index contributed by atoms with van der Waals surface area (Å²) >= 11 is 0. The van der Waals surface area contributed by atoms with Crippen LogP contribution in [0.2, 0.25) is 0 Å². The van der Waals surface area contributed by atoms with Gasteiger partial charge in [-0.05, 0) is 0 Å². The zero-order valence-corrected chi connectivity index (χ0v) is 5.90. The van der Waals surface area contributed by atoms with Gasteiger partial charge in [-0.25, -0.2) is 4.79 Å². The second-order valence-electron chi connectivity index (χ2n) is 1.94. The number of aromatic amines is 1. The van der Waals surface area contributed by atoms with Crippen LogP contribution in [0.1, 0.15) is 0 Å². The summed E-state index contributed by atoms with van der Waals surface area (Å²) in [6.45, 7) is 0. The third kappa shape index (κ3) is 1.54. The Morgan fingerprint density at radius 2 is 2.33 bits per heavy atom. The van der Waals surface area contributed by atoms with Crippen LogP contribution in [0.25, 0.3) is 0 Å². The summed E-state index contributed by atoms with van der Waals surface area (Å²) in [5, 5.41) is 8.99. The van der Waals surface area contributed by atoms with E-state index in [4.69, 9.17) is 5.11 Å². The molecule has 0 atom stereocenters. The Balaban J connectivity index is 3.13. The van der Waals surface area contributed by atoms with Crippen molar-refractivity contribution in [2.75, 3.05) is 0 Å². The number of H-pyrrole nitrogens is 1. The van der Waals surface area contributed by atoms with E-state index in [0.29, 0.717) is 0 Å². The van der Waals surface area contributed by atoms with Gasteiger partial charge in [0.15, 0.2) is 5.75 Å². The van der Waals surface area contributed by atoms with Gasteiger partial charge in [0.1, 0.15) is 0 Å². The second kappa shape index (κ2) is 2.95. The summed E-state index contributed by atoms with van der Waals surface area (Å²) in [4.78, 5) is 23.2. The van der Waals surface area contributed by atoms with E-state index in [-0.39, 0.29) is 0 Å². The van der Waals surface area contributed by atoms with Gasteiger partial charge < -0.3 is 20.6 Å². The summed E-state index contributed by atoms with van der Waals surface area (Å²) in [5.74, 6) is -0.928. The maximum absolute atomic E-state index is 10.8. The van der Waals surface area contributed by atoms with Crippen molar-refractivity contribution in [1.29, 1.82) is 0 Å². The van der Waals surface area contributed by atoms with Crippen LogP contribution in [0.4, 0.5) is 4.79 Å². The highest BCUT2D eigenvalue weighted by Gasteiger charge is 2.09. The van der Waals surface area contributed by atoms with Crippen LogP contribution in [0.15, 0.2) is 17.1 Å². The highest BCUT2D eigenvalue weighted by molar-refractivity contribution is 5.68. The molecule has 1 aromatic heterocycles. The zero-order valence-electron chi connectivity index (χ0n) is 5.90. The molecule has 1 rings (SSSR count). The number of hydrogen-bond donors (Lipinski definition) is 3. The van der Waals surface area contributed by atoms with Gasteiger partial charge in [0.2, 0.25) is 5.75 Å². The summed E-state index contributed by atoms with van der Waals surface area (Å²) in [5.41, 5.74) is 3.92. The van der Waals surface area contributed by atoms with Crippen molar-refractivity contribution in [3.63, 3.8) is 0 Å². The lowest BCUT2D eigenvalue weighted by Crippen LogP contribution is -2.21. The number of nitrogens with two attached hydrogens (primary N) is 1. The van der Waals surface area contributed by atoms with Gasteiger partial charge in [-0.3, -0.25) is 4.79 Å². The number of rotatable bonds is 1. The molecular weight excluding hydrogens is 164 g/mol. The molecule has 0 aromatic carbocycles. The van der Waals surface area contributed by atoms with E-state index in [2.05, 4.69) is 15.5 Å². The van der Waals surface area contributed by atoms with Gasteiger partial charge >= 0.3 is 6.09 Å². The molecular formula is C6H6N2O4. The summed E-state index contributed by atoms with van der Waals surface area (Å²) < 4.78 is 4.22. The molecule has 6 heteroatoms. The fraction of sp³-hybridized carbons (Fsp3) is 0. The molecule has 0 fully saturated rings. The minimum atomic E-state index is -1.15. The van der Waals surface area contributed by atoms with E-state index >= 15 is 0 Å². The van der Waals surface area contributed by atoms with Crippen LogP contribution in [0.5, 0.6) is 11.5 Å². The van der Waals surface area contributed by atoms with Gasteiger partial charge in [0, 0.05) is 12.3 Å². The van der Waals surface area contributed by atoms with E-state index in [1.165, 1.54) is 12.3 Å². The van der Waals surface area contributed by atoms with Crippen molar-refractivity contribution >= 4 is 6.09 Å². The number of ether oxygens (including phenoxy) is 1. The predicted octanol–water partition coefficient (Wildman–Crippen LogP) is -0.462.